The molecule has 0 aliphatic carbocycles. The minimum atomic E-state index is -3.52. The van der Waals surface area contributed by atoms with E-state index < -0.39 is 10.0 Å². The van der Waals surface area contributed by atoms with Gasteiger partial charge in [-0.2, -0.15) is 4.31 Å². The predicted octanol–water partition coefficient (Wildman–Crippen LogP) is 4.58. The second-order valence-corrected chi connectivity index (χ2v) is 10.4. The van der Waals surface area contributed by atoms with Crippen molar-refractivity contribution in [2.75, 3.05) is 31.1 Å². The first-order chi connectivity index (χ1) is 14.7. The van der Waals surface area contributed by atoms with Crippen LogP contribution in [0.4, 0.5) is 5.82 Å². The Balaban J connectivity index is 1.46. The van der Waals surface area contributed by atoms with Crippen molar-refractivity contribution >= 4 is 39.0 Å². The number of benzene rings is 2. The van der Waals surface area contributed by atoms with Crippen LogP contribution in [-0.4, -0.2) is 49.1 Å². The highest BCUT2D eigenvalue weighted by atomic mass is 35.5. The quantitative estimate of drug-likeness (QED) is 0.551. The predicted molar refractivity (Wildman–Crippen MR) is 124 cm³/mol. The van der Waals surface area contributed by atoms with E-state index in [9.17, 15) is 8.42 Å². The zero-order valence-corrected chi connectivity index (χ0v) is 19.5. The standard InChI is InChI=1S/C22H22Cl2N4O2S/c1-15-11-16(2)13-18(12-15)31(29,30)28-9-7-27(8-10-28)22-6-5-21(25-26-22)19-4-3-17(23)14-20(19)24/h3-6,11-14H,7-10H2,1-2H3. The van der Waals surface area contributed by atoms with Crippen molar-refractivity contribution in [3.63, 3.8) is 0 Å². The first-order valence-corrected chi connectivity index (χ1v) is 12.1. The molecule has 0 radical (unpaired) electrons. The van der Waals surface area contributed by atoms with Gasteiger partial charge in [-0.05, 0) is 67.4 Å². The number of hydrogen-bond acceptors (Lipinski definition) is 5. The van der Waals surface area contributed by atoms with E-state index in [4.69, 9.17) is 23.2 Å². The first kappa shape index (κ1) is 22.0. The highest BCUT2D eigenvalue weighted by molar-refractivity contribution is 7.89. The van der Waals surface area contributed by atoms with E-state index in [1.165, 1.54) is 4.31 Å². The number of aromatic nitrogens is 2. The summed E-state index contributed by atoms with van der Waals surface area (Å²) in [5, 5.41) is 9.70. The monoisotopic (exact) mass is 476 g/mol. The molecular weight excluding hydrogens is 455 g/mol. The number of rotatable bonds is 4. The molecule has 162 valence electrons. The van der Waals surface area contributed by atoms with Gasteiger partial charge in [0.15, 0.2) is 5.82 Å². The third kappa shape index (κ3) is 4.70. The molecule has 2 heterocycles. The number of aryl methyl sites for hydroxylation is 2. The Morgan fingerprint density at radius 1 is 0.839 bits per heavy atom. The zero-order chi connectivity index (χ0) is 22.2. The second kappa shape index (κ2) is 8.74. The number of halogens is 2. The van der Waals surface area contributed by atoms with Gasteiger partial charge in [-0.1, -0.05) is 29.3 Å². The number of nitrogens with zero attached hydrogens (tertiary/aromatic N) is 4. The van der Waals surface area contributed by atoms with Crippen molar-refractivity contribution in [2.24, 2.45) is 0 Å². The molecule has 0 bridgehead atoms. The summed E-state index contributed by atoms with van der Waals surface area (Å²) in [6.07, 6.45) is 0. The van der Waals surface area contributed by atoms with Gasteiger partial charge in [0, 0.05) is 36.8 Å². The van der Waals surface area contributed by atoms with E-state index in [0.717, 1.165) is 16.7 Å². The highest BCUT2D eigenvalue weighted by Crippen LogP contribution is 2.29. The Hall–Kier alpha value is -2.19. The van der Waals surface area contributed by atoms with E-state index >= 15 is 0 Å². The third-order valence-corrected chi connectivity index (χ3v) is 7.68. The van der Waals surface area contributed by atoms with Crippen molar-refractivity contribution in [3.05, 3.63) is 69.7 Å². The third-order valence-electron chi connectivity index (χ3n) is 5.25. The van der Waals surface area contributed by atoms with E-state index in [2.05, 4.69) is 10.2 Å². The summed E-state index contributed by atoms with van der Waals surface area (Å²) in [6, 6.07) is 14.4. The van der Waals surface area contributed by atoms with Crippen LogP contribution >= 0.6 is 23.2 Å². The SMILES string of the molecule is Cc1cc(C)cc(S(=O)(=O)N2CCN(c3ccc(-c4ccc(Cl)cc4Cl)nn3)CC2)c1. The average Bonchev–Trinajstić information content (AvgIpc) is 2.73. The Morgan fingerprint density at radius 3 is 2.10 bits per heavy atom. The Labute approximate surface area is 192 Å². The number of anilines is 1. The number of sulfonamides is 1. The summed E-state index contributed by atoms with van der Waals surface area (Å²) >= 11 is 12.2. The largest absolute Gasteiger partial charge is 0.352 e. The van der Waals surface area contributed by atoms with Gasteiger partial charge in [0.25, 0.3) is 0 Å². The van der Waals surface area contributed by atoms with Crippen molar-refractivity contribution < 1.29 is 8.42 Å². The lowest BCUT2D eigenvalue weighted by atomic mass is 10.1. The van der Waals surface area contributed by atoms with Gasteiger partial charge in [-0.25, -0.2) is 8.42 Å². The van der Waals surface area contributed by atoms with Gasteiger partial charge in [0.05, 0.1) is 15.6 Å². The summed E-state index contributed by atoms with van der Waals surface area (Å²) in [5.74, 6) is 0.706. The topological polar surface area (TPSA) is 66.4 Å². The molecule has 0 N–H and O–H groups in total. The van der Waals surface area contributed by atoms with Crippen LogP contribution in [0.2, 0.25) is 10.0 Å². The molecule has 31 heavy (non-hydrogen) atoms. The van der Waals surface area contributed by atoms with Crippen LogP contribution in [0.1, 0.15) is 11.1 Å². The summed E-state index contributed by atoms with van der Waals surface area (Å²) in [6.45, 7) is 5.68. The maximum Gasteiger partial charge on any atom is 0.243 e. The molecule has 9 heteroatoms. The molecule has 1 aromatic heterocycles. The van der Waals surface area contributed by atoms with Crippen LogP contribution in [-0.2, 0) is 10.0 Å². The molecule has 0 saturated carbocycles. The molecule has 6 nitrogen and oxygen atoms in total. The molecule has 1 aliphatic rings. The maximum absolute atomic E-state index is 13.0. The van der Waals surface area contributed by atoms with Gasteiger partial charge >= 0.3 is 0 Å². The van der Waals surface area contributed by atoms with Gasteiger partial charge in [-0.15, -0.1) is 10.2 Å². The van der Waals surface area contributed by atoms with Crippen LogP contribution < -0.4 is 4.90 Å². The lowest BCUT2D eigenvalue weighted by Crippen LogP contribution is -2.49. The van der Waals surface area contributed by atoms with Crippen molar-refractivity contribution in [2.45, 2.75) is 18.7 Å². The zero-order valence-electron chi connectivity index (χ0n) is 17.2. The summed E-state index contributed by atoms with van der Waals surface area (Å²) in [4.78, 5) is 2.38. The molecule has 0 atom stereocenters. The van der Waals surface area contributed by atoms with E-state index in [-0.39, 0.29) is 0 Å². The normalized spacial score (nSPS) is 15.3. The Bertz CT molecular complexity index is 1190. The summed E-state index contributed by atoms with van der Waals surface area (Å²) in [7, 11) is -3.52. The maximum atomic E-state index is 13.0. The molecule has 2 aromatic carbocycles. The second-order valence-electron chi connectivity index (χ2n) is 7.62. The van der Waals surface area contributed by atoms with Crippen molar-refractivity contribution in [1.29, 1.82) is 0 Å². The minimum Gasteiger partial charge on any atom is -0.352 e. The summed E-state index contributed by atoms with van der Waals surface area (Å²) in [5.41, 5.74) is 3.29. The Morgan fingerprint density at radius 2 is 1.52 bits per heavy atom. The molecule has 1 saturated heterocycles. The van der Waals surface area contributed by atoms with Crippen LogP contribution in [0.3, 0.4) is 0 Å². The highest BCUT2D eigenvalue weighted by Gasteiger charge is 2.29. The lowest BCUT2D eigenvalue weighted by Gasteiger charge is -2.34. The fourth-order valence-electron chi connectivity index (χ4n) is 3.72. The van der Waals surface area contributed by atoms with Crippen molar-refractivity contribution in [1.82, 2.24) is 14.5 Å². The molecule has 4 rings (SSSR count). The average molecular weight is 477 g/mol. The van der Waals surface area contributed by atoms with Gasteiger partial charge < -0.3 is 4.90 Å². The van der Waals surface area contributed by atoms with Crippen LogP contribution in [0.25, 0.3) is 11.3 Å². The lowest BCUT2D eigenvalue weighted by molar-refractivity contribution is 0.383. The van der Waals surface area contributed by atoms with Crippen molar-refractivity contribution in [3.8, 4) is 11.3 Å². The molecule has 0 amide bonds. The molecule has 1 aliphatic heterocycles. The first-order valence-electron chi connectivity index (χ1n) is 9.86. The molecule has 3 aromatic rings. The van der Waals surface area contributed by atoms with Gasteiger partial charge in [-0.3, -0.25) is 0 Å². The van der Waals surface area contributed by atoms with Gasteiger partial charge in [0.2, 0.25) is 10.0 Å². The molecular formula is C22H22Cl2N4O2S. The van der Waals surface area contributed by atoms with E-state index in [1.807, 2.05) is 43.0 Å². The van der Waals surface area contributed by atoms with E-state index in [0.29, 0.717) is 52.6 Å². The summed E-state index contributed by atoms with van der Waals surface area (Å²) < 4.78 is 27.6. The fraction of sp³-hybridized carbons (Fsp3) is 0.273. The minimum absolute atomic E-state index is 0.349. The molecule has 0 spiro atoms. The Kier molecular flexibility index (Phi) is 6.21. The van der Waals surface area contributed by atoms with Gasteiger partial charge in [0.1, 0.15) is 0 Å². The van der Waals surface area contributed by atoms with Crippen LogP contribution in [0, 0.1) is 13.8 Å². The molecule has 1 fully saturated rings. The number of piperazine rings is 1. The van der Waals surface area contributed by atoms with E-state index in [1.54, 1.807) is 24.3 Å². The fourth-order valence-corrected chi connectivity index (χ4v) is 5.84. The smallest absolute Gasteiger partial charge is 0.243 e. The molecule has 0 unspecified atom stereocenters. The number of hydrogen-bond donors (Lipinski definition) is 0. The van der Waals surface area contributed by atoms with Crippen LogP contribution in [0.5, 0.6) is 0 Å². The van der Waals surface area contributed by atoms with Crippen LogP contribution in [0.15, 0.2) is 53.4 Å².